The third-order valence-corrected chi connectivity index (χ3v) is 3.77. The van der Waals surface area contributed by atoms with E-state index in [0.717, 1.165) is 5.75 Å². The van der Waals surface area contributed by atoms with Gasteiger partial charge in [0.1, 0.15) is 0 Å². The maximum Gasteiger partial charge on any atom is 0.226 e. The van der Waals surface area contributed by atoms with Crippen LogP contribution in [0.2, 0.25) is 0 Å². The molecule has 0 bridgehead atoms. The van der Waals surface area contributed by atoms with Gasteiger partial charge in [-0.1, -0.05) is 19.1 Å². The molecule has 0 aliphatic rings. The predicted octanol–water partition coefficient (Wildman–Crippen LogP) is 3.77. The monoisotopic (exact) mass is 289 g/mol. The summed E-state index contributed by atoms with van der Waals surface area (Å²) in [6, 6.07) is 10.4. The summed E-state index contributed by atoms with van der Waals surface area (Å²) in [5, 5.41) is 3.28. The summed E-state index contributed by atoms with van der Waals surface area (Å²) >= 11 is 1.84. The normalized spacial score (nSPS) is 11.9. The van der Waals surface area contributed by atoms with Crippen LogP contribution in [0.1, 0.15) is 25.5 Å². The molecule has 0 saturated heterocycles. The van der Waals surface area contributed by atoms with E-state index in [-0.39, 0.29) is 6.04 Å². The van der Waals surface area contributed by atoms with E-state index in [0.29, 0.717) is 11.8 Å². The number of anilines is 1. The van der Waals surface area contributed by atoms with Crippen molar-refractivity contribution in [2.24, 2.45) is 0 Å². The van der Waals surface area contributed by atoms with Crippen LogP contribution in [0, 0.1) is 0 Å². The Morgan fingerprint density at radius 1 is 1.25 bits per heavy atom. The lowest BCUT2D eigenvalue weighted by Gasteiger charge is -2.14. The topological polar surface area (TPSA) is 47.0 Å². The first-order valence-electron chi connectivity index (χ1n) is 6.59. The number of hydrogen-bond acceptors (Lipinski definition) is 5. The average molecular weight is 289 g/mol. The molecule has 1 unspecified atom stereocenters. The van der Waals surface area contributed by atoms with Crippen LogP contribution >= 0.6 is 11.8 Å². The first-order chi connectivity index (χ1) is 9.72. The second kappa shape index (κ2) is 7.14. The zero-order chi connectivity index (χ0) is 14.4. The quantitative estimate of drug-likeness (QED) is 0.820. The van der Waals surface area contributed by atoms with Gasteiger partial charge in [0.25, 0.3) is 0 Å². The standard InChI is InChI=1S/C15H19N3OS/c1-4-20-13-7-5-12(6-8-13)11(2)17-15-16-10-9-14(18-15)19-3/h5-11H,4H2,1-3H3,(H,16,17,18). The number of thioether (sulfide) groups is 1. The smallest absolute Gasteiger partial charge is 0.226 e. The Bertz CT molecular complexity index is 545. The van der Waals surface area contributed by atoms with Gasteiger partial charge in [-0.2, -0.15) is 4.98 Å². The Morgan fingerprint density at radius 2 is 2.00 bits per heavy atom. The highest BCUT2D eigenvalue weighted by molar-refractivity contribution is 7.99. The van der Waals surface area contributed by atoms with Gasteiger partial charge in [0, 0.05) is 17.2 Å². The number of rotatable bonds is 6. The lowest BCUT2D eigenvalue weighted by atomic mass is 10.1. The van der Waals surface area contributed by atoms with Crippen molar-refractivity contribution in [1.82, 2.24) is 9.97 Å². The lowest BCUT2D eigenvalue weighted by molar-refractivity contribution is 0.397. The molecule has 1 aromatic heterocycles. The van der Waals surface area contributed by atoms with Crippen molar-refractivity contribution in [3.05, 3.63) is 42.1 Å². The van der Waals surface area contributed by atoms with Gasteiger partial charge in [0.15, 0.2) is 0 Å². The number of nitrogens with one attached hydrogen (secondary N) is 1. The van der Waals surface area contributed by atoms with Gasteiger partial charge in [-0.15, -0.1) is 11.8 Å². The van der Waals surface area contributed by atoms with Gasteiger partial charge in [-0.3, -0.25) is 0 Å². The summed E-state index contributed by atoms with van der Waals surface area (Å²) < 4.78 is 5.09. The first kappa shape index (κ1) is 14.7. The highest BCUT2D eigenvalue weighted by Gasteiger charge is 2.07. The van der Waals surface area contributed by atoms with Gasteiger partial charge in [-0.25, -0.2) is 4.98 Å². The fourth-order valence-corrected chi connectivity index (χ4v) is 2.48. The molecule has 1 N–H and O–H groups in total. The molecule has 0 amide bonds. The third-order valence-electron chi connectivity index (χ3n) is 2.88. The second-order valence-corrected chi connectivity index (χ2v) is 5.63. The van der Waals surface area contributed by atoms with E-state index < -0.39 is 0 Å². The van der Waals surface area contributed by atoms with Crippen LogP contribution in [0.4, 0.5) is 5.95 Å². The van der Waals surface area contributed by atoms with E-state index >= 15 is 0 Å². The maximum atomic E-state index is 5.09. The Morgan fingerprint density at radius 3 is 2.65 bits per heavy atom. The summed E-state index contributed by atoms with van der Waals surface area (Å²) in [6.45, 7) is 4.24. The average Bonchev–Trinajstić information content (AvgIpc) is 2.48. The van der Waals surface area contributed by atoms with Crippen molar-refractivity contribution < 1.29 is 4.74 Å². The Kier molecular flexibility index (Phi) is 5.24. The number of methoxy groups -OCH3 is 1. The molecule has 0 spiro atoms. The lowest BCUT2D eigenvalue weighted by Crippen LogP contribution is -2.09. The van der Waals surface area contributed by atoms with Crippen molar-refractivity contribution in [1.29, 1.82) is 0 Å². The Labute approximate surface area is 124 Å². The van der Waals surface area contributed by atoms with Crippen LogP contribution in [0.25, 0.3) is 0 Å². The van der Waals surface area contributed by atoms with Crippen LogP contribution in [0.3, 0.4) is 0 Å². The van der Waals surface area contributed by atoms with E-state index in [1.807, 2.05) is 11.8 Å². The predicted molar refractivity (Wildman–Crippen MR) is 83.5 cm³/mol. The van der Waals surface area contributed by atoms with Crippen LogP contribution in [-0.4, -0.2) is 22.8 Å². The summed E-state index contributed by atoms with van der Waals surface area (Å²) in [6.07, 6.45) is 1.68. The van der Waals surface area contributed by atoms with Gasteiger partial charge in [0.05, 0.1) is 13.2 Å². The van der Waals surface area contributed by atoms with E-state index in [1.54, 1.807) is 19.4 Å². The maximum absolute atomic E-state index is 5.09. The Balaban J connectivity index is 2.05. The first-order valence-corrected chi connectivity index (χ1v) is 7.57. The highest BCUT2D eigenvalue weighted by atomic mass is 32.2. The van der Waals surface area contributed by atoms with Crippen molar-refractivity contribution in [3.63, 3.8) is 0 Å². The molecule has 4 nitrogen and oxygen atoms in total. The molecule has 0 fully saturated rings. The number of nitrogens with zero attached hydrogens (tertiary/aromatic N) is 2. The minimum absolute atomic E-state index is 0.141. The van der Waals surface area contributed by atoms with E-state index in [2.05, 4.69) is 53.4 Å². The molecule has 106 valence electrons. The zero-order valence-corrected chi connectivity index (χ0v) is 12.8. The van der Waals surface area contributed by atoms with Crippen molar-refractivity contribution >= 4 is 17.7 Å². The number of hydrogen-bond donors (Lipinski definition) is 1. The van der Waals surface area contributed by atoms with Gasteiger partial charge in [0.2, 0.25) is 11.8 Å². The van der Waals surface area contributed by atoms with Gasteiger partial charge in [-0.05, 0) is 30.4 Å². The van der Waals surface area contributed by atoms with Crippen molar-refractivity contribution in [2.45, 2.75) is 24.8 Å². The van der Waals surface area contributed by atoms with E-state index in [4.69, 9.17) is 4.74 Å². The largest absolute Gasteiger partial charge is 0.481 e. The molecule has 20 heavy (non-hydrogen) atoms. The molecule has 1 heterocycles. The van der Waals surface area contributed by atoms with E-state index in [1.165, 1.54) is 10.5 Å². The molecule has 2 rings (SSSR count). The molecule has 1 atom stereocenters. The molecule has 0 aliphatic carbocycles. The van der Waals surface area contributed by atoms with Crippen molar-refractivity contribution in [3.8, 4) is 5.88 Å². The van der Waals surface area contributed by atoms with Crippen LogP contribution in [-0.2, 0) is 0 Å². The fourth-order valence-electron chi connectivity index (χ4n) is 1.82. The molecule has 0 radical (unpaired) electrons. The van der Waals surface area contributed by atoms with E-state index in [9.17, 15) is 0 Å². The Hall–Kier alpha value is -1.75. The molecule has 1 aromatic carbocycles. The van der Waals surface area contributed by atoms with Crippen LogP contribution in [0.5, 0.6) is 5.88 Å². The molecule has 0 aliphatic heterocycles. The zero-order valence-electron chi connectivity index (χ0n) is 12.0. The molecule has 5 heteroatoms. The third kappa shape index (κ3) is 3.87. The summed E-state index contributed by atoms with van der Waals surface area (Å²) in [7, 11) is 1.60. The summed E-state index contributed by atoms with van der Waals surface area (Å²) in [5.41, 5.74) is 1.21. The fraction of sp³-hybridized carbons (Fsp3) is 0.333. The molecular weight excluding hydrogens is 270 g/mol. The molecule has 0 saturated carbocycles. The molecular formula is C15H19N3OS. The highest BCUT2D eigenvalue weighted by Crippen LogP contribution is 2.22. The van der Waals surface area contributed by atoms with Gasteiger partial charge >= 0.3 is 0 Å². The number of ether oxygens (including phenoxy) is 1. The van der Waals surface area contributed by atoms with Crippen LogP contribution < -0.4 is 10.1 Å². The van der Waals surface area contributed by atoms with Crippen molar-refractivity contribution in [2.75, 3.05) is 18.2 Å². The van der Waals surface area contributed by atoms with Gasteiger partial charge < -0.3 is 10.1 Å². The SMILES string of the molecule is CCSc1ccc(C(C)Nc2nccc(OC)n2)cc1. The minimum Gasteiger partial charge on any atom is -0.481 e. The number of benzene rings is 1. The molecule has 2 aromatic rings. The summed E-state index contributed by atoms with van der Waals surface area (Å²) in [5.74, 6) is 2.22. The van der Waals surface area contributed by atoms with Crippen LogP contribution in [0.15, 0.2) is 41.4 Å². The minimum atomic E-state index is 0.141. The number of aromatic nitrogens is 2. The summed E-state index contributed by atoms with van der Waals surface area (Å²) in [4.78, 5) is 9.74. The second-order valence-electron chi connectivity index (χ2n) is 4.29.